The van der Waals surface area contributed by atoms with Crippen LogP contribution in [-0.2, 0) is 0 Å². The van der Waals surface area contributed by atoms with Crippen LogP contribution in [0.3, 0.4) is 0 Å². The predicted octanol–water partition coefficient (Wildman–Crippen LogP) is 3.25. The van der Waals surface area contributed by atoms with Gasteiger partial charge in [0, 0.05) is 10.9 Å². The topological polar surface area (TPSA) is 0 Å². The molecule has 0 fully saturated rings. The molecule has 0 aromatic carbocycles. The fourth-order valence-corrected chi connectivity index (χ4v) is 1.11. The first-order valence-electron chi connectivity index (χ1n) is 2.93. The smallest absolute Gasteiger partial charge is 0.202 e. The largest absolute Gasteiger partial charge is 0.270 e. The van der Waals surface area contributed by atoms with Gasteiger partial charge >= 0.3 is 0 Å². The van der Waals surface area contributed by atoms with Gasteiger partial charge in [0.2, 0.25) is 0 Å². The van der Waals surface area contributed by atoms with Crippen LogP contribution >= 0.6 is 15.9 Å². The van der Waals surface area contributed by atoms with Gasteiger partial charge in [0.15, 0.2) is 0 Å². The van der Waals surface area contributed by atoms with Gasteiger partial charge < -0.3 is 0 Å². The van der Waals surface area contributed by atoms with Gasteiger partial charge in [0.1, 0.15) is 0 Å². The van der Waals surface area contributed by atoms with Gasteiger partial charge in [-0.3, -0.25) is 0 Å². The zero-order chi connectivity index (χ0) is 7.78. The molecule has 0 N–H and O–H groups in total. The molecular formula is C7H7BrF2. The van der Waals surface area contributed by atoms with Crippen molar-refractivity contribution in [1.29, 1.82) is 0 Å². The molecule has 3 heteroatoms. The van der Waals surface area contributed by atoms with Crippen molar-refractivity contribution in [3.8, 4) is 0 Å². The molecular weight excluding hydrogens is 202 g/mol. The Kier molecular flexibility index (Phi) is 1.95. The van der Waals surface area contributed by atoms with Crippen molar-refractivity contribution in [2.75, 3.05) is 0 Å². The summed E-state index contributed by atoms with van der Waals surface area (Å²) in [6.07, 6.45) is 2.16. The molecule has 1 aliphatic carbocycles. The van der Waals surface area contributed by atoms with Gasteiger partial charge in [-0.05, 0) is 19.1 Å². The summed E-state index contributed by atoms with van der Waals surface area (Å²) in [6, 6.07) is 0. The molecule has 0 aliphatic heterocycles. The summed E-state index contributed by atoms with van der Waals surface area (Å²) in [5.41, 5.74) is 0.701. The van der Waals surface area contributed by atoms with E-state index in [2.05, 4.69) is 15.9 Å². The number of hydrogen-bond donors (Lipinski definition) is 0. The Morgan fingerprint density at radius 3 is 2.60 bits per heavy atom. The number of alkyl halides is 2. The molecule has 0 unspecified atom stereocenters. The van der Waals surface area contributed by atoms with Gasteiger partial charge in [-0.1, -0.05) is 21.5 Å². The second-order valence-electron chi connectivity index (χ2n) is 2.40. The third-order valence-corrected chi connectivity index (χ3v) is 2.32. The van der Waals surface area contributed by atoms with Crippen LogP contribution < -0.4 is 0 Å². The maximum absolute atomic E-state index is 12.5. The second kappa shape index (κ2) is 2.46. The van der Waals surface area contributed by atoms with Gasteiger partial charge in [-0.15, -0.1) is 0 Å². The minimum Gasteiger partial charge on any atom is -0.202 e. The van der Waals surface area contributed by atoms with E-state index in [9.17, 15) is 8.78 Å². The number of halogens is 3. The van der Waals surface area contributed by atoms with E-state index in [1.165, 1.54) is 6.08 Å². The number of rotatable bonds is 0. The predicted molar refractivity (Wildman–Crippen MR) is 40.3 cm³/mol. The zero-order valence-corrected chi connectivity index (χ0v) is 7.08. The van der Waals surface area contributed by atoms with Crippen molar-refractivity contribution in [3.05, 3.63) is 22.2 Å². The van der Waals surface area contributed by atoms with E-state index in [-0.39, 0.29) is 6.42 Å². The van der Waals surface area contributed by atoms with Crippen LogP contribution in [0.2, 0.25) is 0 Å². The quantitative estimate of drug-likeness (QED) is 0.574. The fourth-order valence-electron chi connectivity index (χ4n) is 0.834. The van der Waals surface area contributed by atoms with Crippen molar-refractivity contribution < 1.29 is 8.78 Å². The van der Waals surface area contributed by atoms with Crippen LogP contribution in [0.1, 0.15) is 13.3 Å². The summed E-state index contributed by atoms with van der Waals surface area (Å²) in [5, 5.41) is 0. The molecule has 0 aromatic heterocycles. The maximum Gasteiger partial charge on any atom is 0.270 e. The summed E-state index contributed by atoms with van der Waals surface area (Å²) in [7, 11) is 0. The average Bonchev–Trinajstić information content (AvgIpc) is 1.79. The van der Waals surface area contributed by atoms with Crippen molar-refractivity contribution in [1.82, 2.24) is 0 Å². The molecule has 1 aliphatic rings. The summed E-state index contributed by atoms with van der Waals surface area (Å²) < 4.78 is 25.7. The Hall–Kier alpha value is -0.180. The summed E-state index contributed by atoms with van der Waals surface area (Å²) in [4.78, 5) is 0. The highest BCUT2D eigenvalue weighted by Crippen LogP contribution is 2.33. The molecule has 56 valence electrons. The first kappa shape index (κ1) is 7.92. The van der Waals surface area contributed by atoms with Crippen molar-refractivity contribution in [2.24, 2.45) is 0 Å². The van der Waals surface area contributed by atoms with Gasteiger partial charge in [0.05, 0.1) is 0 Å². The van der Waals surface area contributed by atoms with Crippen LogP contribution in [0.4, 0.5) is 8.78 Å². The highest BCUT2D eigenvalue weighted by atomic mass is 79.9. The molecule has 0 bridgehead atoms. The Balaban J connectivity index is 2.85. The van der Waals surface area contributed by atoms with E-state index in [1.807, 2.05) is 0 Å². The van der Waals surface area contributed by atoms with Crippen LogP contribution in [0, 0.1) is 0 Å². The third kappa shape index (κ3) is 1.66. The molecule has 0 saturated carbocycles. The van der Waals surface area contributed by atoms with Crippen molar-refractivity contribution in [3.63, 3.8) is 0 Å². The minimum atomic E-state index is -2.64. The molecule has 10 heavy (non-hydrogen) atoms. The Labute approximate surface area is 66.7 Å². The molecule has 0 radical (unpaired) electrons. The van der Waals surface area contributed by atoms with Crippen LogP contribution in [-0.4, -0.2) is 5.92 Å². The Bertz CT molecular complexity index is 204. The first-order valence-corrected chi connectivity index (χ1v) is 3.73. The Morgan fingerprint density at radius 2 is 2.20 bits per heavy atom. The number of allylic oxidation sites excluding steroid dienone is 4. The second-order valence-corrected chi connectivity index (χ2v) is 3.25. The molecule has 0 heterocycles. The monoisotopic (exact) mass is 208 g/mol. The van der Waals surface area contributed by atoms with Crippen molar-refractivity contribution >= 4 is 15.9 Å². The fraction of sp³-hybridized carbons (Fsp3) is 0.429. The van der Waals surface area contributed by atoms with Gasteiger partial charge in [-0.25, -0.2) is 8.78 Å². The number of hydrogen-bond acceptors (Lipinski definition) is 0. The van der Waals surface area contributed by atoms with E-state index >= 15 is 0 Å². The summed E-state index contributed by atoms with van der Waals surface area (Å²) in [6.45, 7) is 1.70. The lowest BCUT2D eigenvalue weighted by atomic mass is 10.0. The molecule has 0 nitrogen and oxygen atoms in total. The highest BCUT2D eigenvalue weighted by molar-refractivity contribution is 9.11. The van der Waals surface area contributed by atoms with E-state index in [1.54, 1.807) is 6.92 Å². The maximum atomic E-state index is 12.5. The van der Waals surface area contributed by atoms with Gasteiger partial charge in [0.25, 0.3) is 5.92 Å². The van der Waals surface area contributed by atoms with Crippen molar-refractivity contribution in [2.45, 2.75) is 19.3 Å². The lowest BCUT2D eigenvalue weighted by molar-refractivity contribution is 0.0543. The molecule has 0 amide bonds. The van der Waals surface area contributed by atoms with E-state index < -0.39 is 5.92 Å². The molecule has 0 aromatic rings. The Morgan fingerprint density at radius 1 is 1.60 bits per heavy atom. The lowest BCUT2D eigenvalue weighted by Crippen LogP contribution is -2.15. The summed E-state index contributed by atoms with van der Waals surface area (Å²) >= 11 is 3.16. The highest BCUT2D eigenvalue weighted by Gasteiger charge is 2.28. The molecule has 0 spiro atoms. The minimum absolute atomic E-state index is 0.163. The third-order valence-electron chi connectivity index (χ3n) is 1.38. The first-order chi connectivity index (χ1) is 4.51. The normalized spacial score (nSPS) is 23.6. The lowest BCUT2D eigenvalue weighted by Gasteiger charge is -2.16. The molecule has 0 saturated heterocycles. The van der Waals surface area contributed by atoms with E-state index in [0.717, 1.165) is 10.6 Å². The zero-order valence-electron chi connectivity index (χ0n) is 5.50. The van der Waals surface area contributed by atoms with E-state index in [4.69, 9.17) is 0 Å². The van der Waals surface area contributed by atoms with E-state index in [0.29, 0.717) is 5.57 Å². The standard InChI is InChI=1S/C7H7BrF2/c1-5-4-7(9,10)3-2-6(5)8/h2-3H,4H2,1H3. The van der Waals surface area contributed by atoms with Crippen LogP contribution in [0.25, 0.3) is 0 Å². The SMILES string of the molecule is CC1=C(Br)C=CC(F)(F)C1. The van der Waals surface area contributed by atoms with Gasteiger partial charge in [-0.2, -0.15) is 0 Å². The average molecular weight is 209 g/mol. The molecule has 0 atom stereocenters. The molecule has 1 rings (SSSR count). The summed E-state index contributed by atoms with van der Waals surface area (Å²) in [5.74, 6) is -2.64. The van der Waals surface area contributed by atoms with Crippen LogP contribution in [0.15, 0.2) is 22.2 Å². The van der Waals surface area contributed by atoms with Crippen LogP contribution in [0.5, 0.6) is 0 Å².